The van der Waals surface area contributed by atoms with E-state index in [1.54, 1.807) is 6.92 Å². The van der Waals surface area contributed by atoms with Crippen LogP contribution < -0.4 is 0 Å². The lowest BCUT2D eigenvalue weighted by molar-refractivity contribution is 0.155. The van der Waals surface area contributed by atoms with Crippen molar-refractivity contribution in [1.29, 1.82) is 0 Å². The summed E-state index contributed by atoms with van der Waals surface area (Å²) in [5.74, 6) is 0. The molecule has 0 spiro atoms. The number of hydrogen-bond donors (Lipinski definition) is 2. The molecule has 0 aliphatic heterocycles. The number of hydrogen-bond acceptors (Lipinski definition) is 3. The monoisotopic (exact) mass is 224 g/mol. The van der Waals surface area contributed by atoms with Crippen LogP contribution in [0.4, 0.5) is 0 Å². The van der Waals surface area contributed by atoms with E-state index in [0.29, 0.717) is 12.8 Å². The second-order valence-electron chi connectivity index (χ2n) is 3.52. The predicted molar refractivity (Wildman–Crippen MR) is 55.8 cm³/mol. The molecule has 0 radical (unpaired) electrons. The number of rotatable bonds is 7. The van der Waals surface area contributed by atoms with E-state index < -0.39 is 21.5 Å². The Labute approximate surface area is 86.1 Å². The van der Waals surface area contributed by atoms with Gasteiger partial charge in [-0.05, 0) is 12.8 Å². The zero-order chi connectivity index (χ0) is 11.2. The van der Waals surface area contributed by atoms with E-state index in [1.165, 1.54) is 0 Å². The predicted octanol–water partition coefficient (Wildman–Crippen LogP) is 1.59. The van der Waals surface area contributed by atoms with Crippen LogP contribution in [0.25, 0.3) is 0 Å². The van der Waals surface area contributed by atoms with Crippen molar-refractivity contribution in [2.24, 2.45) is 0 Å². The first-order valence-corrected chi connectivity index (χ1v) is 6.58. The molecule has 2 N–H and O–H groups in total. The average Bonchev–Trinajstić information content (AvgIpc) is 2.09. The second kappa shape index (κ2) is 6.37. The summed E-state index contributed by atoms with van der Waals surface area (Å²) in [5, 5.41) is 8.40. The molecule has 0 aromatic rings. The molecular weight excluding hydrogens is 204 g/mol. The molecule has 5 heteroatoms. The van der Waals surface area contributed by atoms with Gasteiger partial charge in [-0.25, -0.2) is 0 Å². The molecule has 2 atom stereocenters. The van der Waals surface area contributed by atoms with Gasteiger partial charge in [0, 0.05) is 0 Å². The first-order valence-electron chi connectivity index (χ1n) is 5.07. The molecule has 0 aliphatic carbocycles. The van der Waals surface area contributed by atoms with E-state index in [9.17, 15) is 13.5 Å². The lowest BCUT2D eigenvalue weighted by atomic mass is 10.1. The first kappa shape index (κ1) is 13.9. The molecule has 0 heterocycles. The largest absolute Gasteiger partial charge is 0.392 e. The average molecular weight is 224 g/mol. The fraction of sp³-hybridized carbons (Fsp3) is 1.00. The Balaban J connectivity index is 4.27. The van der Waals surface area contributed by atoms with Crippen molar-refractivity contribution in [3.63, 3.8) is 0 Å². The maximum Gasteiger partial charge on any atom is 0.270 e. The Morgan fingerprint density at radius 2 is 1.79 bits per heavy atom. The smallest absolute Gasteiger partial charge is 0.270 e. The Bertz CT molecular complexity index is 235. The van der Waals surface area contributed by atoms with Gasteiger partial charge in [0.05, 0.1) is 6.10 Å². The van der Waals surface area contributed by atoms with E-state index in [1.807, 2.05) is 6.92 Å². The fourth-order valence-corrected chi connectivity index (χ4v) is 2.45. The second-order valence-corrected chi connectivity index (χ2v) is 5.16. The summed E-state index contributed by atoms with van der Waals surface area (Å²) < 4.78 is 30.7. The molecule has 0 fully saturated rings. The van der Waals surface area contributed by atoms with Gasteiger partial charge in [-0.3, -0.25) is 4.55 Å². The number of aliphatic hydroxyl groups is 1. The molecule has 0 saturated carbocycles. The van der Waals surface area contributed by atoms with Crippen molar-refractivity contribution in [3.8, 4) is 0 Å². The van der Waals surface area contributed by atoms with Crippen molar-refractivity contribution in [3.05, 3.63) is 0 Å². The lowest BCUT2D eigenvalue weighted by Gasteiger charge is -2.18. The molecule has 0 saturated heterocycles. The molecule has 0 aromatic heterocycles. The molecule has 0 aliphatic rings. The third-order valence-electron chi connectivity index (χ3n) is 2.32. The van der Waals surface area contributed by atoms with E-state index in [0.717, 1.165) is 19.3 Å². The first-order chi connectivity index (χ1) is 6.43. The van der Waals surface area contributed by atoms with Gasteiger partial charge in [0.15, 0.2) is 0 Å². The van der Waals surface area contributed by atoms with Gasteiger partial charge in [0.1, 0.15) is 5.25 Å². The molecule has 14 heavy (non-hydrogen) atoms. The van der Waals surface area contributed by atoms with Crippen LogP contribution in [0.5, 0.6) is 0 Å². The van der Waals surface area contributed by atoms with Crippen molar-refractivity contribution < 1.29 is 18.1 Å². The summed E-state index contributed by atoms with van der Waals surface area (Å²) in [7, 11) is -4.11. The van der Waals surface area contributed by atoms with Crippen LogP contribution in [-0.4, -0.2) is 29.4 Å². The topological polar surface area (TPSA) is 74.6 Å². The zero-order valence-electron chi connectivity index (χ0n) is 8.81. The highest BCUT2D eigenvalue weighted by Gasteiger charge is 2.28. The summed E-state index contributed by atoms with van der Waals surface area (Å²) in [6, 6.07) is 0. The molecule has 4 nitrogen and oxygen atoms in total. The normalized spacial score (nSPS) is 16.6. The summed E-state index contributed by atoms with van der Waals surface area (Å²) >= 11 is 0. The van der Waals surface area contributed by atoms with Crippen LogP contribution in [0.2, 0.25) is 0 Å². The molecule has 86 valence electrons. The summed E-state index contributed by atoms with van der Waals surface area (Å²) in [6.07, 6.45) is 2.35. The highest BCUT2D eigenvalue weighted by atomic mass is 32.2. The SMILES string of the molecule is CCCCCC(C(O)CC)S(=O)(=O)O. The molecular formula is C9H20O4S. The molecule has 0 rings (SSSR count). The zero-order valence-corrected chi connectivity index (χ0v) is 9.63. The van der Waals surface area contributed by atoms with Gasteiger partial charge in [-0.15, -0.1) is 0 Å². The third-order valence-corrected chi connectivity index (χ3v) is 3.64. The summed E-state index contributed by atoms with van der Waals surface area (Å²) in [4.78, 5) is 0. The molecule has 0 aromatic carbocycles. The summed E-state index contributed by atoms with van der Waals surface area (Å²) in [6.45, 7) is 3.71. The lowest BCUT2D eigenvalue weighted by Crippen LogP contribution is -2.33. The van der Waals surface area contributed by atoms with Crippen LogP contribution in [0.3, 0.4) is 0 Å². The Morgan fingerprint density at radius 1 is 1.21 bits per heavy atom. The molecule has 0 bridgehead atoms. The van der Waals surface area contributed by atoms with Crippen LogP contribution >= 0.6 is 0 Å². The minimum atomic E-state index is -4.11. The van der Waals surface area contributed by atoms with Crippen molar-refractivity contribution in [2.75, 3.05) is 0 Å². The van der Waals surface area contributed by atoms with Crippen LogP contribution in [0, 0.1) is 0 Å². The van der Waals surface area contributed by atoms with E-state index >= 15 is 0 Å². The van der Waals surface area contributed by atoms with E-state index in [2.05, 4.69) is 0 Å². The summed E-state index contributed by atoms with van der Waals surface area (Å²) in [5.41, 5.74) is 0. The highest BCUT2D eigenvalue weighted by molar-refractivity contribution is 7.86. The minimum absolute atomic E-state index is 0.335. The third kappa shape index (κ3) is 4.93. The number of aliphatic hydroxyl groups excluding tert-OH is 1. The van der Waals surface area contributed by atoms with E-state index in [4.69, 9.17) is 4.55 Å². The highest BCUT2D eigenvalue weighted by Crippen LogP contribution is 2.16. The van der Waals surface area contributed by atoms with Gasteiger partial charge >= 0.3 is 0 Å². The van der Waals surface area contributed by atoms with Crippen LogP contribution in [0.15, 0.2) is 0 Å². The standard InChI is InChI=1S/C9H20O4S/c1-3-5-6-7-9(8(10)4-2)14(11,12)13/h8-10H,3-7H2,1-2H3,(H,11,12,13). The minimum Gasteiger partial charge on any atom is -0.392 e. The maximum atomic E-state index is 10.9. The van der Waals surface area contributed by atoms with Crippen molar-refractivity contribution in [2.45, 2.75) is 57.3 Å². The molecule has 0 amide bonds. The molecule has 2 unspecified atom stereocenters. The van der Waals surface area contributed by atoms with Gasteiger partial charge < -0.3 is 5.11 Å². The Kier molecular flexibility index (Phi) is 6.31. The van der Waals surface area contributed by atoms with Gasteiger partial charge in [-0.1, -0.05) is 33.1 Å². The Morgan fingerprint density at radius 3 is 2.14 bits per heavy atom. The van der Waals surface area contributed by atoms with Gasteiger partial charge in [-0.2, -0.15) is 8.42 Å². The van der Waals surface area contributed by atoms with Crippen molar-refractivity contribution in [1.82, 2.24) is 0 Å². The Hall–Kier alpha value is -0.130. The number of unbranched alkanes of at least 4 members (excludes halogenated alkanes) is 2. The van der Waals surface area contributed by atoms with Gasteiger partial charge in [0.2, 0.25) is 0 Å². The van der Waals surface area contributed by atoms with Crippen LogP contribution in [0.1, 0.15) is 46.0 Å². The van der Waals surface area contributed by atoms with Gasteiger partial charge in [0.25, 0.3) is 10.1 Å². The van der Waals surface area contributed by atoms with Crippen LogP contribution in [-0.2, 0) is 10.1 Å². The maximum absolute atomic E-state index is 10.9. The van der Waals surface area contributed by atoms with E-state index in [-0.39, 0.29) is 0 Å². The van der Waals surface area contributed by atoms with Crippen molar-refractivity contribution >= 4 is 10.1 Å². The quantitative estimate of drug-likeness (QED) is 0.508. The fourth-order valence-electron chi connectivity index (χ4n) is 1.40.